The number of rotatable bonds is 10. The molecule has 0 aliphatic heterocycles. The van der Waals surface area contributed by atoms with Gasteiger partial charge in [0.05, 0.1) is 6.61 Å². The number of nitrogens with one attached hydrogen (secondary N) is 4. The van der Waals surface area contributed by atoms with E-state index in [0.29, 0.717) is 54.2 Å². The number of aliphatic hydroxyl groups excluding tert-OH is 1. The van der Waals surface area contributed by atoms with Crippen molar-refractivity contribution in [2.45, 2.75) is 27.2 Å². The molecule has 0 aliphatic rings. The summed E-state index contributed by atoms with van der Waals surface area (Å²) in [4.78, 5) is 18.1. The predicted octanol–water partition coefficient (Wildman–Crippen LogP) is 1.51. The van der Waals surface area contributed by atoms with Gasteiger partial charge in [-0.1, -0.05) is 6.92 Å². The van der Waals surface area contributed by atoms with Gasteiger partial charge in [0.15, 0.2) is 11.6 Å². The summed E-state index contributed by atoms with van der Waals surface area (Å²) in [6, 6.07) is 0. The molecular weight excluding hydrogens is 308 g/mol. The molecule has 132 valence electrons. The third-order valence-corrected chi connectivity index (χ3v) is 3.16. The fourth-order valence-corrected chi connectivity index (χ4v) is 2.15. The van der Waals surface area contributed by atoms with E-state index in [1.165, 1.54) is 0 Å². The average molecular weight is 334 g/mol. The molecule has 0 fully saturated rings. The summed E-state index contributed by atoms with van der Waals surface area (Å²) in [7, 11) is 0. The van der Waals surface area contributed by atoms with Gasteiger partial charge in [-0.05, 0) is 20.3 Å². The summed E-state index contributed by atoms with van der Waals surface area (Å²) >= 11 is 0. The second-order valence-electron chi connectivity index (χ2n) is 5.13. The minimum atomic E-state index is 0.00806. The van der Waals surface area contributed by atoms with E-state index in [-0.39, 0.29) is 6.61 Å². The van der Waals surface area contributed by atoms with Crippen molar-refractivity contribution >= 4 is 34.6 Å². The molecule has 0 saturated heterocycles. The van der Waals surface area contributed by atoms with Crippen molar-refractivity contribution < 1.29 is 5.11 Å². The lowest BCUT2D eigenvalue weighted by Gasteiger charge is -2.14. The Morgan fingerprint density at radius 2 is 1.21 bits per heavy atom. The Hall–Kier alpha value is -2.42. The molecule has 0 radical (unpaired) electrons. The van der Waals surface area contributed by atoms with E-state index < -0.39 is 0 Å². The van der Waals surface area contributed by atoms with E-state index in [1.807, 2.05) is 13.8 Å². The molecule has 0 bridgehead atoms. The maximum atomic E-state index is 9.10. The molecule has 0 unspecified atom stereocenters. The third-order valence-electron chi connectivity index (χ3n) is 3.16. The standard InChI is InChI=1S/C15H26N8O/c1-4-7-18-12-10-11(21-14(22-12)16-5-2)13(19-8-9-24)23-15(20-10)17-6-3/h24H,4-9H2,1-3H3,(H2,16,18,21,22)(H2,17,19,20,23). The molecule has 0 amide bonds. The van der Waals surface area contributed by atoms with Crippen LogP contribution < -0.4 is 21.3 Å². The van der Waals surface area contributed by atoms with E-state index >= 15 is 0 Å². The molecule has 5 N–H and O–H groups in total. The van der Waals surface area contributed by atoms with Gasteiger partial charge < -0.3 is 26.4 Å². The van der Waals surface area contributed by atoms with Crippen LogP contribution in [0.25, 0.3) is 11.0 Å². The predicted molar refractivity (Wildman–Crippen MR) is 97.8 cm³/mol. The lowest BCUT2D eigenvalue weighted by atomic mass is 10.3. The molecule has 0 aromatic carbocycles. The van der Waals surface area contributed by atoms with Crippen molar-refractivity contribution in [2.24, 2.45) is 0 Å². The van der Waals surface area contributed by atoms with E-state index in [1.54, 1.807) is 0 Å². The zero-order chi connectivity index (χ0) is 17.4. The fraction of sp³-hybridized carbons (Fsp3) is 0.600. The van der Waals surface area contributed by atoms with Crippen LogP contribution in [0.5, 0.6) is 0 Å². The Labute approximate surface area is 141 Å². The summed E-state index contributed by atoms with van der Waals surface area (Å²) in [6.45, 7) is 8.67. The lowest BCUT2D eigenvalue weighted by Crippen LogP contribution is -2.14. The highest BCUT2D eigenvalue weighted by Crippen LogP contribution is 2.26. The molecular formula is C15H26N8O. The summed E-state index contributed by atoms with van der Waals surface area (Å²) < 4.78 is 0. The maximum Gasteiger partial charge on any atom is 0.225 e. The molecule has 24 heavy (non-hydrogen) atoms. The highest BCUT2D eigenvalue weighted by molar-refractivity contribution is 5.94. The molecule has 0 spiro atoms. The molecule has 2 rings (SSSR count). The van der Waals surface area contributed by atoms with Gasteiger partial charge in [-0.25, -0.2) is 9.97 Å². The van der Waals surface area contributed by atoms with Crippen LogP contribution in [0, 0.1) is 0 Å². The minimum Gasteiger partial charge on any atom is -0.395 e. The van der Waals surface area contributed by atoms with Gasteiger partial charge in [-0.15, -0.1) is 0 Å². The maximum absolute atomic E-state index is 9.10. The number of aliphatic hydroxyl groups is 1. The van der Waals surface area contributed by atoms with Gasteiger partial charge in [0.2, 0.25) is 11.9 Å². The first-order chi connectivity index (χ1) is 11.7. The van der Waals surface area contributed by atoms with Gasteiger partial charge in [0.1, 0.15) is 11.0 Å². The summed E-state index contributed by atoms with van der Waals surface area (Å²) in [5, 5.41) is 21.8. The largest absolute Gasteiger partial charge is 0.395 e. The van der Waals surface area contributed by atoms with Crippen LogP contribution in [0.3, 0.4) is 0 Å². The molecule has 2 aromatic heterocycles. The molecule has 9 nitrogen and oxygen atoms in total. The monoisotopic (exact) mass is 334 g/mol. The fourth-order valence-electron chi connectivity index (χ4n) is 2.15. The topological polar surface area (TPSA) is 120 Å². The second-order valence-corrected chi connectivity index (χ2v) is 5.13. The van der Waals surface area contributed by atoms with Crippen LogP contribution in [0.15, 0.2) is 0 Å². The van der Waals surface area contributed by atoms with Crippen molar-refractivity contribution in [1.29, 1.82) is 0 Å². The Bertz CT molecular complexity index is 606. The number of fused-ring (bicyclic) bond motifs is 1. The molecule has 2 heterocycles. The smallest absolute Gasteiger partial charge is 0.225 e. The van der Waals surface area contributed by atoms with E-state index in [2.05, 4.69) is 48.1 Å². The number of anilines is 4. The first kappa shape index (κ1) is 17.9. The highest BCUT2D eigenvalue weighted by atomic mass is 16.3. The number of aromatic nitrogens is 4. The Kier molecular flexibility index (Phi) is 6.74. The lowest BCUT2D eigenvalue weighted by molar-refractivity contribution is 0.311. The Morgan fingerprint density at radius 3 is 1.62 bits per heavy atom. The van der Waals surface area contributed by atoms with Crippen LogP contribution >= 0.6 is 0 Å². The van der Waals surface area contributed by atoms with Crippen molar-refractivity contribution in [2.75, 3.05) is 54.1 Å². The summed E-state index contributed by atoms with van der Waals surface area (Å²) in [5.74, 6) is 2.28. The zero-order valence-electron chi connectivity index (χ0n) is 14.5. The van der Waals surface area contributed by atoms with Gasteiger partial charge in [0, 0.05) is 26.2 Å². The van der Waals surface area contributed by atoms with Crippen molar-refractivity contribution in [1.82, 2.24) is 19.9 Å². The average Bonchev–Trinajstić information content (AvgIpc) is 2.58. The van der Waals surface area contributed by atoms with Gasteiger partial charge in [-0.3, -0.25) is 0 Å². The van der Waals surface area contributed by atoms with Crippen molar-refractivity contribution in [3.63, 3.8) is 0 Å². The molecule has 0 saturated carbocycles. The highest BCUT2D eigenvalue weighted by Gasteiger charge is 2.15. The Balaban J connectivity index is 2.59. The van der Waals surface area contributed by atoms with Crippen molar-refractivity contribution in [3.8, 4) is 0 Å². The summed E-state index contributed by atoms with van der Waals surface area (Å²) in [5.41, 5.74) is 1.27. The van der Waals surface area contributed by atoms with Crippen LogP contribution in [0.1, 0.15) is 27.2 Å². The van der Waals surface area contributed by atoms with Crippen LogP contribution in [0.4, 0.5) is 23.5 Å². The van der Waals surface area contributed by atoms with Gasteiger partial charge in [0.25, 0.3) is 0 Å². The van der Waals surface area contributed by atoms with E-state index in [0.717, 1.165) is 13.0 Å². The van der Waals surface area contributed by atoms with E-state index in [4.69, 9.17) is 5.11 Å². The van der Waals surface area contributed by atoms with Crippen LogP contribution in [-0.4, -0.2) is 57.8 Å². The molecule has 0 aliphatic carbocycles. The third kappa shape index (κ3) is 4.31. The molecule has 2 aromatic rings. The number of nitrogens with zero attached hydrogens (tertiary/aromatic N) is 4. The van der Waals surface area contributed by atoms with Gasteiger partial charge in [-0.2, -0.15) is 9.97 Å². The number of hydrogen-bond donors (Lipinski definition) is 5. The van der Waals surface area contributed by atoms with Crippen molar-refractivity contribution in [3.05, 3.63) is 0 Å². The molecule has 0 atom stereocenters. The minimum absolute atomic E-state index is 0.00806. The molecule has 9 heteroatoms. The second kappa shape index (κ2) is 9.02. The van der Waals surface area contributed by atoms with Gasteiger partial charge >= 0.3 is 0 Å². The summed E-state index contributed by atoms with van der Waals surface area (Å²) in [6.07, 6.45) is 0.975. The van der Waals surface area contributed by atoms with Crippen LogP contribution in [-0.2, 0) is 0 Å². The first-order valence-electron chi connectivity index (χ1n) is 8.39. The normalized spacial score (nSPS) is 10.7. The SMILES string of the molecule is CCCNc1nc(NCC)nc2c(NCCO)nc(NCC)nc12. The number of hydrogen-bond acceptors (Lipinski definition) is 9. The van der Waals surface area contributed by atoms with Crippen LogP contribution in [0.2, 0.25) is 0 Å². The zero-order valence-corrected chi connectivity index (χ0v) is 14.5. The Morgan fingerprint density at radius 1 is 0.708 bits per heavy atom. The quantitative estimate of drug-likeness (QED) is 0.440. The van der Waals surface area contributed by atoms with E-state index in [9.17, 15) is 0 Å². The first-order valence-corrected chi connectivity index (χ1v) is 8.39.